The molecular formula is C21H24N4. The summed E-state index contributed by atoms with van der Waals surface area (Å²) in [6.07, 6.45) is 2.11. The fourth-order valence-electron chi connectivity index (χ4n) is 3.64. The number of hydrogen-bond acceptors (Lipinski definition) is 2. The van der Waals surface area contributed by atoms with Gasteiger partial charge in [-0.25, -0.2) is 9.97 Å². The fourth-order valence-corrected chi connectivity index (χ4v) is 3.64. The van der Waals surface area contributed by atoms with Crippen molar-refractivity contribution in [3.63, 3.8) is 0 Å². The van der Waals surface area contributed by atoms with Crippen molar-refractivity contribution in [1.82, 2.24) is 19.1 Å². The molecule has 0 aliphatic rings. The lowest BCUT2D eigenvalue weighted by Gasteiger charge is -2.06. The van der Waals surface area contributed by atoms with Gasteiger partial charge in [-0.05, 0) is 55.7 Å². The topological polar surface area (TPSA) is 35.6 Å². The van der Waals surface area contributed by atoms with Crippen LogP contribution in [0.5, 0.6) is 0 Å². The van der Waals surface area contributed by atoms with E-state index < -0.39 is 0 Å². The van der Waals surface area contributed by atoms with E-state index in [-0.39, 0.29) is 0 Å². The third-order valence-electron chi connectivity index (χ3n) is 5.04. The van der Waals surface area contributed by atoms with Gasteiger partial charge in [-0.15, -0.1) is 0 Å². The summed E-state index contributed by atoms with van der Waals surface area (Å²) in [5.74, 6) is 2.15. The monoisotopic (exact) mass is 332 g/mol. The highest BCUT2D eigenvalue weighted by atomic mass is 15.1. The van der Waals surface area contributed by atoms with E-state index in [1.165, 1.54) is 22.2 Å². The summed E-state index contributed by atoms with van der Waals surface area (Å²) >= 11 is 0. The smallest absolute Gasteiger partial charge is 0.140 e. The minimum absolute atomic E-state index is 1.00. The number of benzene rings is 2. The Morgan fingerprint density at radius 1 is 0.920 bits per heavy atom. The molecule has 0 saturated carbocycles. The molecule has 0 unspecified atom stereocenters. The van der Waals surface area contributed by atoms with E-state index in [1.807, 2.05) is 0 Å². The molecule has 128 valence electrons. The second-order valence-corrected chi connectivity index (χ2v) is 6.98. The van der Waals surface area contributed by atoms with Gasteiger partial charge < -0.3 is 9.13 Å². The first kappa shape index (κ1) is 15.9. The Morgan fingerprint density at radius 2 is 1.72 bits per heavy atom. The van der Waals surface area contributed by atoms with E-state index in [0.29, 0.717) is 0 Å². The van der Waals surface area contributed by atoms with Gasteiger partial charge in [0.15, 0.2) is 0 Å². The summed E-state index contributed by atoms with van der Waals surface area (Å²) in [6, 6.07) is 10.8. The number of imidazole rings is 2. The third kappa shape index (κ3) is 2.44. The molecule has 2 aromatic heterocycles. The van der Waals surface area contributed by atoms with Crippen molar-refractivity contribution in [2.24, 2.45) is 14.1 Å². The summed E-state index contributed by atoms with van der Waals surface area (Å²) < 4.78 is 4.41. The summed E-state index contributed by atoms with van der Waals surface area (Å²) in [4.78, 5) is 9.73. The summed E-state index contributed by atoms with van der Waals surface area (Å²) in [6.45, 7) is 6.45. The summed E-state index contributed by atoms with van der Waals surface area (Å²) in [5.41, 5.74) is 8.10. The minimum Gasteiger partial charge on any atom is -0.331 e. The van der Waals surface area contributed by atoms with Gasteiger partial charge >= 0.3 is 0 Å². The molecule has 25 heavy (non-hydrogen) atoms. The van der Waals surface area contributed by atoms with E-state index >= 15 is 0 Å². The van der Waals surface area contributed by atoms with Gasteiger partial charge in [0.1, 0.15) is 11.6 Å². The summed E-state index contributed by atoms with van der Waals surface area (Å²) in [5, 5.41) is 0. The van der Waals surface area contributed by atoms with Crippen LogP contribution in [0.25, 0.3) is 33.5 Å². The lowest BCUT2D eigenvalue weighted by Crippen LogP contribution is -1.97. The largest absolute Gasteiger partial charge is 0.331 e. The molecular weight excluding hydrogens is 308 g/mol. The zero-order chi connectivity index (χ0) is 17.7. The lowest BCUT2D eigenvalue weighted by molar-refractivity contribution is 0.773. The third-order valence-corrected chi connectivity index (χ3v) is 5.04. The number of aromatic nitrogens is 4. The Kier molecular flexibility index (Phi) is 3.64. The van der Waals surface area contributed by atoms with Crippen LogP contribution >= 0.6 is 0 Å². The molecule has 0 aliphatic heterocycles. The van der Waals surface area contributed by atoms with Crippen molar-refractivity contribution in [3.05, 3.63) is 47.3 Å². The van der Waals surface area contributed by atoms with Crippen LogP contribution in [0.1, 0.15) is 30.3 Å². The van der Waals surface area contributed by atoms with Gasteiger partial charge in [-0.2, -0.15) is 0 Å². The molecule has 0 spiro atoms. The maximum absolute atomic E-state index is 4.88. The number of aryl methyl sites for hydroxylation is 5. The Balaban J connectivity index is 1.95. The van der Waals surface area contributed by atoms with Crippen LogP contribution in [-0.4, -0.2) is 19.1 Å². The van der Waals surface area contributed by atoms with Crippen LogP contribution in [0.15, 0.2) is 30.3 Å². The zero-order valence-electron chi connectivity index (χ0n) is 15.6. The highest BCUT2D eigenvalue weighted by Gasteiger charge is 2.15. The predicted octanol–water partition coefficient (Wildman–Crippen LogP) is 4.70. The first-order valence-electron chi connectivity index (χ1n) is 8.89. The highest BCUT2D eigenvalue weighted by molar-refractivity contribution is 5.87. The second-order valence-electron chi connectivity index (χ2n) is 6.98. The minimum atomic E-state index is 1.00. The van der Waals surface area contributed by atoms with Crippen LogP contribution in [-0.2, 0) is 20.5 Å². The Labute approximate surface area is 148 Å². The van der Waals surface area contributed by atoms with Crippen molar-refractivity contribution in [1.29, 1.82) is 0 Å². The van der Waals surface area contributed by atoms with Gasteiger partial charge in [0, 0.05) is 26.1 Å². The molecule has 0 aliphatic carbocycles. The van der Waals surface area contributed by atoms with Crippen molar-refractivity contribution < 1.29 is 0 Å². The van der Waals surface area contributed by atoms with Gasteiger partial charge in [0.05, 0.1) is 22.1 Å². The Hall–Kier alpha value is -2.62. The van der Waals surface area contributed by atoms with Gasteiger partial charge in [-0.3, -0.25) is 0 Å². The number of nitrogens with zero attached hydrogens (tertiary/aromatic N) is 4. The molecule has 0 fully saturated rings. The molecule has 0 radical (unpaired) electrons. The van der Waals surface area contributed by atoms with E-state index in [1.54, 1.807) is 0 Å². The van der Waals surface area contributed by atoms with Crippen LogP contribution in [0.2, 0.25) is 0 Å². The number of fused-ring (bicyclic) bond motifs is 2. The molecule has 0 bridgehead atoms. The second kappa shape index (κ2) is 5.73. The molecule has 0 amide bonds. The zero-order valence-corrected chi connectivity index (χ0v) is 15.6. The average molecular weight is 332 g/mol. The Morgan fingerprint density at radius 3 is 2.48 bits per heavy atom. The van der Waals surface area contributed by atoms with E-state index in [9.17, 15) is 0 Å². The number of rotatable bonds is 3. The predicted molar refractivity (Wildman–Crippen MR) is 104 cm³/mol. The van der Waals surface area contributed by atoms with Crippen molar-refractivity contribution in [2.45, 2.75) is 33.6 Å². The average Bonchev–Trinajstić information content (AvgIpc) is 3.07. The van der Waals surface area contributed by atoms with Crippen LogP contribution in [0.3, 0.4) is 0 Å². The molecule has 4 rings (SSSR count). The van der Waals surface area contributed by atoms with Crippen molar-refractivity contribution in [3.8, 4) is 11.4 Å². The van der Waals surface area contributed by atoms with Gasteiger partial charge in [0.2, 0.25) is 0 Å². The lowest BCUT2D eigenvalue weighted by atomic mass is 10.1. The van der Waals surface area contributed by atoms with Crippen LogP contribution in [0, 0.1) is 13.8 Å². The van der Waals surface area contributed by atoms with Crippen LogP contribution in [0.4, 0.5) is 0 Å². The van der Waals surface area contributed by atoms with Gasteiger partial charge in [0.25, 0.3) is 0 Å². The SMILES string of the molecule is CCCc1nc2c(C)cc(-c3nc4ccc(C)cc4n3C)cc2n1C. The molecule has 0 saturated heterocycles. The van der Waals surface area contributed by atoms with Crippen LogP contribution < -0.4 is 0 Å². The molecule has 2 aromatic carbocycles. The number of hydrogen-bond donors (Lipinski definition) is 0. The van der Waals surface area contributed by atoms with E-state index in [0.717, 1.165) is 41.1 Å². The first-order valence-corrected chi connectivity index (χ1v) is 8.89. The molecule has 4 aromatic rings. The van der Waals surface area contributed by atoms with Crippen molar-refractivity contribution >= 4 is 22.1 Å². The molecule has 4 heteroatoms. The molecule has 4 nitrogen and oxygen atoms in total. The first-order chi connectivity index (χ1) is 12.0. The summed E-state index contributed by atoms with van der Waals surface area (Å²) in [7, 11) is 4.21. The van der Waals surface area contributed by atoms with E-state index in [2.05, 4.69) is 74.3 Å². The maximum atomic E-state index is 4.88. The van der Waals surface area contributed by atoms with Crippen molar-refractivity contribution in [2.75, 3.05) is 0 Å². The molecule has 2 heterocycles. The Bertz CT molecular complexity index is 1100. The molecule has 0 N–H and O–H groups in total. The molecule has 0 atom stereocenters. The normalized spacial score (nSPS) is 11.7. The fraction of sp³-hybridized carbons (Fsp3) is 0.333. The van der Waals surface area contributed by atoms with E-state index in [4.69, 9.17) is 9.97 Å². The highest BCUT2D eigenvalue weighted by Crippen LogP contribution is 2.29. The maximum Gasteiger partial charge on any atom is 0.140 e. The van der Waals surface area contributed by atoms with Gasteiger partial charge in [-0.1, -0.05) is 13.0 Å². The standard InChI is InChI=1S/C21H24N4/c1-6-7-19-23-20-14(3)11-15(12-18(20)24(19)4)21-22-16-9-8-13(2)10-17(16)25(21)5/h8-12H,6-7H2,1-5H3. The quantitative estimate of drug-likeness (QED) is 0.545.